The molecule has 0 aliphatic carbocycles. The van der Waals surface area contributed by atoms with Crippen LogP contribution in [0, 0.1) is 5.82 Å². The third kappa shape index (κ3) is 2.85. The van der Waals surface area contributed by atoms with Crippen molar-refractivity contribution in [2.75, 3.05) is 0 Å². The van der Waals surface area contributed by atoms with Crippen molar-refractivity contribution in [3.8, 4) is 5.75 Å². The number of ether oxygens (including phenoxy) is 1. The Balaban J connectivity index is 2.13. The van der Waals surface area contributed by atoms with Gasteiger partial charge < -0.3 is 10.6 Å². The van der Waals surface area contributed by atoms with E-state index in [4.69, 9.17) is 10.6 Å². The van der Waals surface area contributed by atoms with Gasteiger partial charge in [-0.25, -0.2) is 4.39 Å². The Morgan fingerprint density at radius 2 is 1.83 bits per heavy atom. The summed E-state index contributed by atoms with van der Waals surface area (Å²) in [5.41, 5.74) is 1.76. The minimum Gasteiger partial charge on any atom is -0.486 e. The molecule has 0 aliphatic rings. The SMILES string of the molecule is NN=Cc1ccccc1COc1ccccc1F. The van der Waals surface area contributed by atoms with Crippen LogP contribution in [0.15, 0.2) is 53.6 Å². The Morgan fingerprint density at radius 1 is 1.11 bits per heavy atom. The fourth-order valence-corrected chi connectivity index (χ4v) is 1.59. The lowest BCUT2D eigenvalue weighted by atomic mass is 10.1. The Labute approximate surface area is 105 Å². The van der Waals surface area contributed by atoms with Crippen molar-refractivity contribution in [2.24, 2.45) is 10.9 Å². The van der Waals surface area contributed by atoms with Crippen LogP contribution in [0.3, 0.4) is 0 Å². The molecule has 2 rings (SSSR count). The molecule has 92 valence electrons. The molecule has 0 saturated heterocycles. The number of halogens is 1. The first-order valence-electron chi connectivity index (χ1n) is 5.50. The lowest BCUT2D eigenvalue weighted by molar-refractivity contribution is 0.290. The second-order valence-corrected chi connectivity index (χ2v) is 3.70. The van der Waals surface area contributed by atoms with Gasteiger partial charge in [-0.15, -0.1) is 0 Å². The van der Waals surface area contributed by atoms with Crippen LogP contribution >= 0.6 is 0 Å². The first-order valence-corrected chi connectivity index (χ1v) is 5.50. The molecule has 2 aromatic carbocycles. The van der Waals surface area contributed by atoms with Crippen LogP contribution in [0.4, 0.5) is 4.39 Å². The maximum atomic E-state index is 13.4. The largest absolute Gasteiger partial charge is 0.486 e. The zero-order valence-corrected chi connectivity index (χ0v) is 9.71. The molecule has 0 saturated carbocycles. The highest BCUT2D eigenvalue weighted by molar-refractivity contribution is 5.81. The van der Waals surface area contributed by atoms with Gasteiger partial charge in [0.2, 0.25) is 0 Å². The van der Waals surface area contributed by atoms with E-state index in [9.17, 15) is 4.39 Å². The van der Waals surface area contributed by atoms with Crippen molar-refractivity contribution in [1.29, 1.82) is 0 Å². The molecule has 0 atom stereocenters. The molecule has 0 spiro atoms. The Kier molecular flexibility index (Phi) is 3.91. The molecule has 18 heavy (non-hydrogen) atoms. The van der Waals surface area contributed by atoms with E-state index in [1.165, 1.54) is 6.07 Å². The van der Waals surface area contributed by atoms with E-state index < -0.39 is 0 Å². The number of para-hydroxylation sites is 1. The summed E-state index contributed by atoms with van der Waals surface area (Å²) in [6.07, 6.45) is 1.54. The van der Waals surface area contributed by atoms with Gasteiger partial charge in [-0.1, -0.05) is 36.4 Å². The molecular formula is C14H13FN2O. The fraction of sp³-hybridized carbons (Fsp3) is 0.0714. The maximum Gasteiger partial charge on any atom is 0.165 e. The number of nitrogens with two attached hydrogens (primary N) is 1. The van der Waals surface area contributed by atoms with Crippen molar-refractivity contribution >= 4 is 6.21 Å². The van der Waals surface area contributed by atoms with Gasteiger partial charge in [0.25, 0.3) is 0 Å². The highest BCUT2D eigenvalue weighted by atomic mass is 19.1. The molecule has 0 radical (unpaired) electrons. The third-order valence-electron chi connectivity index (χ3n) is 2.49. The Bertz CT molecular complexity index is 555. The van der Waals surface area contributed by atoms with E-state index in [-0.39, 0.29) is 18.2 Å². The number of hydrogen-bond acceptors (Lipinski definition) is 3. The number of benzene rings is 2. The minimum atomic E-state index is -0.373. The monoisotopic (exact) mass is 244 g/mol. The Hall–Kier alpha value is -2.36. The topological polar surface area (TPSA) is 47.6 Å². The molecule has 0 amide bonds. The van der Waals surface area contributed by atoms with Crippen molar-refractivity contribution in [3.63, 3.8) is 0 Å². The molecule has 4 heteroatoms. The van der Waals surface area contributed by atoms with Gasteiger partial charge in [-0.3, -0.25) is 0 Å². The number of nitrogens with zero attached hydrogens (tertiary/aromatic N) is 1. The summed E-state index contributed by atoms with van der Waals surface area (Å²) in [5, 5.41) is 3.48. The van der Waals surface area contributed by atoms with Gasteiger partial charge in [-0.2, -0.15) is 5.10 Å². The quantitative estimate of drug-likeness (QED) is 0.510. The molecule has 2 aromatic rings. The second kappa shape index (κ2) is 5.82. The maximum absolute atomic E-state index is 13.4. The summed E-state index contributed by atoms with van der Waals surface area (Å²) in [4.78, 5) is 0. The summed E-state index contributed by atoms with van der Waals surface area (Å²) in [7, 11) is 0. The number of hydrogen-bond donors (Lipinski definition) is 1. The van der Waals surface area contributed by atoms with Crippen LogP contribution in [0.2, 0.25) is 0 Å². The summed E-state index contributed by atoms with van der Waals surface area (Å²) in [5.74, 6) is 4.99. The summed E-state index contributed by atoms with van der Waals surface area (Å²) >= 11 is 0. The molecule has 3 nitrogen and oxygen atoms in total. The molecule has 0 bridgehead atoms. The molecular weight excluding hydrogens is 231 g/mol. The zero-order chi connectivity index (χ0) is 12.8. The normalized spacial score (nSPS) is 10.7. The van der Waals surface area contributed by atoms with Crippen LogP contribution in [-0.2, 0) is 6.61 Å². The van der Waals surface area contributed by atoms with Gasteiger partial charge in [0.05, 0.1) is 6.21 Å². The van der Waals surface area contributed by atoms with E-state index >= 15 is 0 Å². The lowest BCUT2D eigenvalue weighted by Crippen LogP contribution is -2.01. The van der Waals surface area contributed by atoms with Gasteiger partial charge in [0.1, 0.15) is 6.61 Å². The van der Waals surface area contributed by atoms with Gasteiger partial charge in [0, 0.05) is 5.56 Å². The van der Waals surface area contributed by atoms with Crippen LogP contribution in [0.5, 0.6) is 5.75 Å². The smallest absolute Gasteiger partial charge is 0.165 e. The average molecular weight is 244 g/mol. The number of rotatable bonds is 4. The Morgan fingerprint density at radius 3 is 2.61 bits per heavy atom. The van der Waals surface area contributed by atoms with Crippen LogP contribution in [-0.4, -0.2) is 6.21 Å². The van der Waals surface area contributed by atoms with Crippen LogP contribution in [0.25, 0.3) is 0 Å². The van der Waals surface area contributed by atoms with E-state index in [1.54, 1.807) is 24.4 Å². The average Bonchev–Trinajstić information content (AvgIpc) is 2.40. The number of hydrazone groups is 1. The highest BCUT2D eigenvalue weighted by Crippen LogP contribution is 2.18. The summed E-state index contributed by atoms with van der Waals surface area (Å²) in [6.45, 7) is 0.267. The summed E-state index contributed by atoms with van der Waals surface area (Å²) < 4.78 is 18.8. The van der Waals surface area contributed by atoms with Crippen molar-refractivity contribution in [2.45, 2.75) is 6.61 Å². The molecule has 0 heterocycles. The van der Waals surface area contributed by atoms with E-state index in [1.807, 2.05) is 24.3 Å². The zero-order valence-electron chi connectivity index (χ0n) is 9.71. The second-order valence-electron chi connectivity index (χ2n) is 3.70. The van der Waals surface area contributed by atoms with E-state index in [0.29, 0.717) is 0 Å². The van der Waals surface area contributed by atoms with Crippen molar-refractivity contribution in [1.82, 2.24) is 0 Å². The molecule has 2 N–H and O–H groups in total. The predicted octanol–water partition coefficient (Wildman–Crippen LogP) is 2.70. The molecule has 0 unspecified atom stereocenters. The third-order valence-corrected chi connectivity index (χ3v) is 2.49. The van der Waals surface area contributed by atoms with E-state index in [2.05, 4.69) is 5.10 Å². The lowest BCUT2D eigenvalue weighted by Gasteiger charge is -2.09. The first-order chi connectivity index (χ1) is 8.81. The van der Waals surface area contributed by atoms with Gasteiger partial charge in [-0.05, 0) is 17.7 Å². The molecule has 0 fully saturated rings. The van der Waals surface area contributed by atoms with Crippen LogP contribution in [0.1, 0.15) is 11.1 Å². The fourth-order valence-electron chi connectivity index (χ4n) is 1.59. The highest BCUT2D eigenvalue weighted by Gasteiger charge is 2.04. The van der Waals surface area contributed by atoms with Crippen LogP contribution < -0.4 is 10.6 Å². The van der Waals surface area contributed by atoms with E-state index in [0.717, 1.165) is 11.1 Å². The summed E-state index contributed by atoms with van der Waals surface area (Å²) in [6, 6.07) is 13.8. The predicted molar refractivity (Wildman–Crippen MR) is 69.0 cm³/mol. The first kappa shape index (κ1) is 12.1. The minimum absolute atomic E-state index is 0.233. The van der Waals surface area contributed by atoms with Gasteiger partial charge >= 0.3 is 0 Å². The van der Waals surface area contributed by atoms with Crippen molar-refractivity contribution < 1.29 is 9.13 Å². The molecule has 0 aliphatic heterocycles. The molecule has 0 aromatic heterocycles. The van der Waals surface area contributed by atoms with Gasteiger partial charge in [0.15, 0.2) is 11.6 Å². The van der Waals surface area contributed by atoms with Crippen molar-refractivity contribution in [3.05, 3.63) is 65.5 Å². The standard InChI is InChI=1S/C14H13FN2O/c15-13-7-3-4-8-14(13)18-10-12-6-2-1-5-11(12)9-17-16/h1-9H,10,16H2.